The second-order valence-corrected chi connectivity index (χ2v) is 6.49. The summed E-state index contributed by atoms with van der Waals surface area (Å²) in [5.74, 6) is 0.759. The summed E-state index contributed by atoms with van der Waals surface area (Å²) < 4.78 is 7.29. The van der Waals surface area contributed by atoms with Gasteiger partial charge in [0.05, 0.1) is 12.5 Å². The van der Waals surface area contributed by atoms with E-state index in [4.69, 9.17) is 16.0 Å². The van der Waals surface area contributed by atoms with E-state index in [9.17, 15) is 0 Å². The monoisotopic (exact) mass is 345 g/mol. The van der Waals surface area contributed by atoms with Gasteiger partial charge in [-0.1, -0.05) is 23.7 Å². The van der Waals surface area contributed by atoms with Crippen LogP contribution < -0.4 is 4.80 Å². The zero-order valence-corrected chi connectivity index (χ0v) is 14.4. The molecule has 6 heteroatoms. The molecular formula is C17H16ClN3OS. The third-order valence-corrected chi connectivity index (χ3v) is 4.06. The van der Waals surface area contributed by atoms with Gasteiger partial charge in [-0.2, -0.15) is 5.10 Å². The zero-order valence-electron chi connectivity index (χ0n) is 12.8. The van der Waals surface area contributed by atoms with Gasteiger partial charge in [-0.3, -0.25) is 4.99 Å². The van der Waals surface area contributed by atoms with E-state index in [0.29, 0.717) is 5.02 Å². The maximum absolute atomic E-state index is 6.02. The van der Waals surface area contributed by atoms with Gasteiger partial charge in [-0.05, 0) is 43.7 Å². The lowest BCUT2D eigenvalue weighted by atomic mass is 10.2. The molecule has 0 aliphatic carbocycles. The van der Waals surface area contributed by atoms with Gasteiger partial charge in [0, 0.05) is 16.4 Å². The van der Waals surface area contributed by atoms with Crippen LogP contribution in [0, 0.1) is 0 Å². The average Bonchev–Trinajstić information content (AvgIpc) is 3.14. The molecule has 0 aliphatic heterocycles. The van der Waals surface area contributed by atoms with Crippen LogP contribution in [-0.2, 0) is 0 Å². The third-order valence-electron chi connectivity index (χ3n) is 3.00. The second kappa shape index (κ2) is 6.98. The number of hydrogen-bond donors (Lipinski definition) is 0. The third kappa shape index (κ3) is 3.81. The van der Waals surface area contributed by atoms with Gasteiger partial charge >= 0.3 is 0 Å². The Hall–Kier alpha value is -2.11. The van der Waals surface area contributed by atoms with Gasteiger partial charge in [0.25, 0.3) is 0 Å². The summed E-state index contributed by atoms with van der Waals surface area (Å²) >= 11 is 7.56. The van der Waals surface area contributed by atoms with Gasteiger partial charge in [-0.25, -0.2) is 4.68 Å². The molecule has 0 amide bonds. The van der Waals surface area contributed by atoms with Crippen LogP contribution in [0.5, 0.6) is 0 Å². The molecule has 118 valence electrons. The smallest absolute Gasteiger partial charge is 0.206 e. The number of nitrogens with zero attached hydrogens (tertiary/aromatic N) is 3. The van der Waals surface area contributed by atoms with Crippen molar-refractivity contribution in [2.45, 2.75) is 19.9 Å². The number of rotatable bonds is 4. The number of thiazole rings is 1. The van der Waals surface area contributed by atoms with E-state index in [-0.39, 0.29) is 6.04 Å². The first-order valence-corrected chi connectivity index (χ1v) is 8.47. The molecule has 0 spiro atoms. The van der Waals surface area contributed by atoms with E-state index in [2.05, 4.69) is 10.1 Å². The van der Waals surface area contributed by atoms with Crippen LogP contribution >= 0.6 is 22.9 Å². The molecule has 0 bridgehead atoms. The Bertz CT molecular complexity index is 875. The Balaban J connectivity index is 2.07. The Morgan fingerprint density at radius 3 is 2.83 bits per heavy atom. The van der Waals surface area contributed by atoms with Crippen LogP contribution in [0.1, 0.15) is 19.4 Å². The van der Waals surface area contributed by atoms with Crippen molar-refractivity contribution in [2.24, 2.45) is 10.1 Å². The maximum atomic E-state index is 6.02. The van der Waals surface area contributed by atoms with Crippen molar-refractivity contribution in [3.8, 4) is 11.5 Å². The summed E-state index contributed by atoms with van der Waals surface area (Å²) in [7, 11) is 0. The first-order valence-electron chi connectivity index (χ1n) is 7.21. The van der Waals surface area contributed by atoms with Crippen molar-refractivity contribution in [3.05, 3.63) is 63.4 Å². The normalized spacial score (nSPS) is 12.6. The number of halogens is 1. The highest BCUT2D eigenvalue weighted by atomic mass is 35.5. The first kappa shape index (κ1) is 15.8. The molecule has 1 aromatic carbocycles. The van der Waals surface area contributed by atoms with Crippen LogP contribution in [0.25, 0.3) is 11.5 Å². The molecule has 23 heavy (non-hydrogen) atoms. The van der Waals surface area contributed by atoms with Gasteiger partial charge in [0.2, 0.25) is 4.80 Å². The topological polar surface area (TPSA) is 42.8 Å². The largest absolute Gasteiger partial charge is 0.463 e. The molecule has 0 radical (unpaired) electrons. The van der Waals surface area contributed by atoms with E-state index in [1.807, 2.05) is 55.6 Å². The van der Waals surface area contributed by atoms with Gasteiger partial charge in [0.1, 0.15) is 5.69 Å². The second-order valence-electron chi connectivity index (χ2n) is 5.22. The highest BCUT2D eigenvalue weighted by Gasteiger charge is 2.10. The standard InChI is InChI=1S/C17H16ClN3OS/c1-12(2)20-17-21(15(11-23-17)16-7-4-8-22-16)19-10-13-5-3-6-14(18)9-13/h3-12H,1-2H3. The fourth-order valence-corrected chi connectivity index (χ4v) is 3.18. The summed E-state index contributed by atoms with van der Waals surface area (Å²) in [5, 5.41) is 7.25. The average molecular weight is 346 g/mol. The van der Waals surface area contributed by atoms with E-state index >= 15 is 0 Å². The summed E-state index contributed by atoms with van der Waals surface area (Å²) in [6.07, 6.45) is 3.42. The molecule has 0 saturated carbocycles. The number of benzene rings is 1. The molecule has 2 aromatic heterocycles. The fourth-order valence-electron chi connectivity index (χ4n) is 2.03. The predicted octanol–water partition coefficient (Wildman–Crippen LogP) is 4.65. The Morgan fingerprint density at radius 1 is 1.26 bits per heavy atom. The van der Waals surface area contributed by atoms with Crippen LogP contribution in [0.15, 0.2) is 62.6 Å². The molecule has 0 unspecified atom stereocenters. The van der Waals surface area contributed by atoms with Gasteiger partial charge < -0.3 is 4.42 Å². The van der Waals surface area contributed by atoms with E-state index in [1.54, 1.807) is 17.2 Å². The predicted molar refractivity (Wildman–Crippen MR) is 95.2 cm³/mol. The minimum Gasteiger partial charge on any atom is -0.463 e. The molecule has 0 N–H and O–H groups in total. The molecule has 0 atom stereocenters. The minimum atomic E-state index is 0.186. The summed E-state index contributed by atoms with van der Waals surface area (Å²) in [4.78, 5) is 5.44. The van der Waals surface area contributed by atoms with Gasteiger partial charge in [-0.15, -0.1) is 11.3 Å². The lowest BCUT2D eigenvalue weighted by Crippen LogP contribution is -2.14. The Morgan fingerprint density at radius 2 is 2.13 bits per heavy atom. The zero-order chi connectivity index (χ0) is 16.2. The SMILES string of the molecule is CC(C)N=c1scc(-c2ccco2)n1N=Cc1cccc(Cl)c1. The van der Waals surface area contributed by atoms with E-state index < -0.39 is 0 Å². The molecule has 3 rings (SSSR count). The quantitative estimate of drug-likeness (QED) is 0.634. The molecule has 3 aromatic rings. The summed E-state index contributed by atoms with van der Waals surface area (Å²) in [6.45, 7) is 4.08. The number of hydrogen-bond acceptors (Lipinski definition) is 4. The van der Waals surface area contributed by atoms with Crippen molar-refractivity contribution in [3.63, 3.8) is 0 Å². The minimum absolute atomic E-state index is 0.186. The Labute approximate surface area is 143 Å². The molecule has 4 nitrogen and oxygen atoms in total. The van der Waals surface area contributed by atoms with Gasteiger partial charge in [0.15, 0.2) is 5.76 Å². The molecule has 0 fully saturated rings. The number of aromatic nitrogens is 1. The first-order chi connectivity index (χ1) is 11.1. The van der Waals surface area contributed by atoms with Crippen LogP contribution in [0.2, 0.25) is 5.02 Å². The highest BCUT2D eigenvalue weighted by molar-refractivity contribution is 7.07. The lowest BCUT2D eigenvalue weighted by Gasteiger charge is -2.01. The van der Waals surface area contributed by atoms with E-state index in [0.717, 1.165) is 21.8 Å². The van der Waals surface area contributed by atoms with Crippen molar-refractivity contribution in [1.29, 1.82) is 0 Å². The van der Waals surface area contributed by atoms with E-state index in [1.165, 1.54) is 11.3 Å². The van der Waals surface area contributed by atoms with Crippen molar-refractivity contribution in [1.82, 2.24) is 4.68 Å². The summed E-state index contributed by atoms with van der Waals surface area (Å²) in [6, 6.07) is 11.5. The lowest BCUT2D eigenvalue weighted by molar-refractivity contribution is 0.575. The van der Waals surface area contributed by atoms with Crippen molar-refractivity contribution >= 4 is 29.2 Å². The summed E-state index contributed by atoms with van der Waals surface area (Å²) in [5.41, 5.74) is 1.80. The van der Waals surface area contributed by atoms with Crippen LogP contribution in [0.3, 0.4) is 0 Å². The van der Waals surface area contributed by atoms with Crippen molar-refractivity contribution in [2.75, 3.05) is 0 Å². The molecule has 0 saturated heterocycles. The molecule has 2 heterocycles. The van der Waals surface area contributed by atoms with Crippen molar-refractivity contribution < 1.29 is 4.42 Å². The van der Waals surface area contributed by atoms with Crippen LogP contribution in [-0.4, -0.2) is 16.9 Å². The fraction of sp³-hybridized carbons (Fsp3) is 0.176. The maximum Gasteiger partial charge on any atom is 0.206 e. The highest BCUT2D eigenvalue weighted by Crippen LogP contribution is 2.20. The van der Waals surface area contributed by atoms with Crippen LogP contribution in [0.4, 0.5) is 0 Å². The Kier molecular flexibility index (Phi) is 4.79. The molecule has 0 aliphatic rings. The molecular weight excluding hydrogens is 330 g/mol. The number of furan rings is 1.